The molecule has 6 N–H and O–H groups in total. The summed E-state index contributed by atoms with van der Waals surface area (Å²) < 4.78 is 0. The van der Waals surface area contributed by atoms with Crippen LogP contribution in [0, 0.1) is 33.7 Å². The first-order valence-electron chi connectivity index (χ1n) is 9.00. The van der Waals surface area contributed by atoms with E-state index in [0.717, 1.165) is 25.7 Å². The molecule has 0 aliphatic rings. The second-order valence-electron chi connectivity index (χ2n) is 7.59. The molecule has 0 rings (SSSR count). The van der Waals surface area contributed by atoms with Crippen molar-refractivity contribution in [2.24, 2.45) is 22.3 Å². The van der Waals surface area contributed by atoms with Gasteiger partial charge in [0.2, 0.25) is 0 Å². The summed E-state index contributed by atoms with van der Waals surface area (Å²) in [7, 11) is 0. The number of hydrogen-bond acceptors (Lipinski definition) is 7. The number of carbonyl (C=O) groups excluding carboxylic acids is 1. The number of carboxylic acids is 2. The van der Waals surface area contributed by atoms with E-state index in [-0.39, 0.29) is 5.78 Å². The van der Waals surface area contributed by atoms with Crippen LogP contribution in [0.1, 0.15) is 79.1 Å². The van der Waals surface area contributed by atoms with Crippen molar-refractivity contribution in [3.8, 4) is 12.4 Å². The summed E-state index contributed by atoms with van der Waals surface area (Å²) in [5.41, 5.74) is 6.84. The fourth-order valence-electron chi connectivity index (χ4n) is 2.12. The van der Waals surface area contributed by atoms with Crippen LogP contribution in [0.4, 0.5) is 0 Å². The lowest BCUT2D eigenvalue weighted by Gasteiger charge is -2.18. The van der Waals surface area contributed by atoms with Gasteiger partial charge in [0.05, 0.1) is 10.8 Å². The number of aliphatic carboxylic acids is 2. The lowest BCUT2D eigenvalue weighted by Crippen LogP contribution is -2.23. The van der Waals surface area contributed by atoms with Crippen molar-refractivity contribution in [2.75, 3.05) is 0 Å². The number of rotatable bonds is 12. The molecule has 0 saturated heterocycles. The van der Waals surface area contributed by atoms with Crippen LogP contribution in [-0.4, -0.2) is 27.9 Å². The first kappa shape index (κ1) is 29.9. The zero-order valence-electron chi connectivity index (χ0n) is 17.3. The summed E-state index contributed by atoms with van der Waals surface area (Å²) in [5, 5.41) is 32.2. The molecule has 9 heteroatoms. The van der Waals surface area contributed by atoms with Crippen LogP contribution < -0.4 is 11.5 Å². The third-order valence-electron chi connectivity index (χ3n) is 4.17. The fourth-order valence-corrected chi connectivity index (χ4v) is 2.12. The van der Waals surface area contributed by atoms with Crippen LogP contribution in [0.2, 0.25) is 0 Å². The minimum atomic E-state index is -0.806. The molecule has 0 radical (unpaired) electrons. The number of Topliss-reactive ketones (excluding diaryl/α,β-unsaturated/α-hetero) is 1. The van der Waals surface area contributed by atoms with E-state index in [2.05, 4.69) is 11.5 Å². The molecule has 160 valence electrons. The Morgan fingerprint density at radius 2 is 1.00 bits per heavy atom. The van der Waals surface area contributed by atoms with Gasteiger partial charge in [0, 0.05) is 12.8 Å². The molecule has 28 heavy (non-hydrogen) atoms. The van der Waals surface area contributed by atoms with Crippen LogP contribution in [0.3, 0.4) is 0 Å². The molecule has 0 saturated carbocycles. The Morgan fingerprint density at radius 3 is 1.21 bits per heavy atom. The highest BCUT2D eigenvalue weighted by molar-refractivity contribution is 5.78. The molecule has 0 spiro atoms. The molecule has 0 aromatic rings. The van der Waals surface area contributed by atoms with Gasteiger partial charge in [-0.3, -0.25) is 14.4 Å². The summed E-state index contributed by atoms with van der Waals surface area (Å²) in [5.74, 6) is -1.43. The molecule has 0 amide bonds. The molecule has 0 aromatic heterocycles. The van der Waals surface area contributed by atoms with Crippen LogP contribution in [0.15, 0.2) is 0 Å². The Balaban J connectivity index is -0.000000915. The highest BCUT2D eigenvalue weighted by Gasteiger charge is 2.27. The molecule has 0 aliphatic carbocycles. The third-order valence-corrected chi connectivity index (χ3v) is 4.17. The molecule has 0 aliphatic heterocycles. The first-order chi connectivity index (χ1) is 12.8. The number of unbranched alkanes of at least 4 members (excludes halogenated alkanes) is 2. The molecule has 0 heterocycles. The van der Waals surface area contributed by atoms with E-state index in [4.69, 9.17) is 20.7 Å². The van der Waals surface area contributed by atoms with Gasteiger partial charge in [-0.15, -0.1) is 0 Å². The van der Waals surface area contributed by atoms with Gasteiger partial charge in [0.25, 0.3) is 0 Å². The van der Waals surface area contributed by atoms with Crippen LogP contribution in [-0.2, 0) is 14.4 Å². The van der Waals surface area contributed by atoms with Gasteiger partial charge in [0.15, 0.2) is 12.4 Å². The Morgan fingerprint density at radius 1 is 0.750 bits per heavy atom. The van der Waals surface area contributed by atoms with Crippen molar-refractivity contribution in [3.05, 3.63) is 0 Å². The Kier molecular flexibility index (Phi) is 17.5. The topological polar surface area (TPSA) is 191 Å². The molecule has 0 unspecified atom stereocenters. The third kappa shape index (κ3) is 18.0. The van der Waals surface area contributed by atoms with Crippen molar-refractivity contribution in [1.29, 1.82) is 10.5 Å². The number of carbonyl (C=O) groups is 3. The molecule has 0 atom stereocenters. The van der Waals surface area contributed by atoms with Crippen molar-refractivity contribution < 1.29 is 24.6 Å². The summed E-state index contributed by atoms with van der Waals surface area (Å²) >= 11 is 0. The minimum absolute atomic E-state index is 0.182. The number of carboxylic acid groups (broad SMARTS) is 2. The Labute approximate surface area is 167 Å². The van der Waals surface area contributed by atoms with Crippen LogP contribution >= 0.6 is 0 Å². The predicted octanol–water partition coefficient (Wildman–Crippen LogP) is 2.75. The molecule has 0 fully saturated rings. The van der Waals surface area contributed by atoms with Crippen molar-refractivity contribution >= 4 is 17.7 Å². The lowest BCUT2D eigenvalue weighted by molar-refractivity contribution is -0.148. The summed E-state index contributed by atoms with van der Waals surface area (Å²) in [6, 6.07) is 0. The first-order valence-corrected chi connectivity index (χ1v) is 9.00. The van der Waals surface area contributed by atoms with E-state index < -0.39 is 22.8 Å². The molecule has 9 nitrogen and oxygen atoms in total. The van der Waals surface area contributed by atoms with Gasteiger partial charge in [-0.1, -0.05) is 12.8 Å². The van der Waals surface area contributed by atoms with E-state index in [1.54, 1.807) is 27.7 Å². The molecule has 0 bridgehead atoms. The SMILES string of the molecule is CC(C)(CCCCC(=O)CCCCC(C)(C)C(=O)O)C(=O)O.N#CN.N#CN. The van der Waals surface area contributed by atoms with Crippen molar-refractivity contribution in [1.82, 2.24) is 0 Å². The summed E-state index contributed by atoms with van der Waals surface area (Å²) in [6.45, 7) is 6.78. The number of nitriles is 2. The number of nitrogens with zero attached hydrogens (tertiary/aromatic N) is 2. The number of hydrogen-bond donors (Lipinski definition) is 4. The van der Waals surface area contributed by atoms with Gasteiger partial charge in [-0.25, -0.2) is 0 Å². The predicted molar refractivity (Wildman–Crippen MR) is 104 cm³/mol. The van der Waals surface area contributed by atoms with Gasteiger partial charge in [-0.2, -0.15) is 10.5 Å². The molecular formula is C19H34N4O5. The van der Waals surface area contributed by atoms with Gasteiger partial charge in [0.1, 0.15) is 5.78 Å². The summed E-state index contributed by atoms with van der Waals surface area (Å²) in [4.78, 5) is 33.6. The maximum atomic E-state index is 11.7. The highest BCUT2D eigenvalue weighted by atomic mass is 16.4. The van der Waals surface area contributed by atoms with E-state index >= 15 is 0 Å². The average molecular weight is 399 g/mol. The van der Waals surface area contributed by atoms with Gasteiger partial charge >= 0.3 is 11.9 Å². The Hall–Kier alpha value is -2.81. The Bertz CT molecular complexity index is 512. The standard InChI is InChI=1S/C17H30O5.2CH2N2/c1-16(2,14(19)20)11-7-5-9-13(18)10-6-8-12-17(3,4)15(21)22;2*2-1-3/h5-12H2,1-4H3,(H,19,20)(H,21,22);2*2H2. The highest BCUT2D eigenvalue weighted by Crippen LogP contribution is 2.25. The molecular weight excluding hydrogens is 364 g/mol. The average Bonchev–Trinajstić information content (AvgIpc) is 2.57. The van der Waals surface area contributed by atoms with E-state index in [1.165, 1.54) is 12.4 Å². The second kappa shape index (κ2) is 16.4. The van der Waals surface area contributed by atoms with Gasteiger partial charge in [-0.05, 0) is 53.4 Å². The van der Waals surface area contributed by atoms with E-state index in [0.29, 0.717) is 25.7 Å². The van der Waals surface area contributed by atoms with E-state index in [1.807, 2.05) is 0 Å². The summed E-state index contributed by atoms with van der Waals surface area (Å²) in [6.07, 6.45) is 7.52. The largest absolute Gasteiger partial charge is 0.481 e. The lowest BCUT2D eigenvalue weighted by atomic mass is 9.86. The maximum Gasteiger partial charge on any atom is 0.309 e. The zero-order valence-corrected chi connectivity index (χ0v) is 17.3. The van der Waals surface area contributed by atoms with E-state index in [9.17, 15) is 14.4 Å². The quantitative estimate of drug-likeness (QED) is 0.217. The minimum Gasteiger partial charge on any atom is -0.481 e. The second-order valence-corrected chi connectivity index (χ2v) is 7.59. The van der Waals surface area contributed by atoms with Crippen LogP contribution in [0.25, 0.3) is 0 Å². The van der Waals surface area contributed by atoms with Crippen molar-refractivity contribution in [2.45, 2.75) is 79.1 Å². The monoisotopic (exact) mass is 398 g/mol. The normalized spacial score (nSPS) is 10.1. The fraction of sp³-hybridized carbons (Fsp3) is 0.737. The number of nitrogens with two attached hydrogens (primary N) is 2. The van der Waals surface area contributed by atoms with Gasteiger partial charge < -0.3 is 21.7 Å². The zero-order chi connectivity index (χ0) is 22.8. The maximum absolute atomic E-state index is 11.7. The van der Waals surface area contributed by atoms with Crippen LogP contribution in [0.5, 0.6) is 0 Å². The smallest absolute Gasteiger partial charge is 0.309 e. The number of ketones is 1. The molecule has 0 aromatic carbocycles. The van der Waals surface area contributed by atoms with Crippen molar-refractivity contribution in [3.63, 3.8) is 0 Å².